The van der Waals surface area contributed by atoms with Crippen molar-refractivity contribution < 1.29 is 24.2 Å². The number of aryl methyl sites for hydroxylation is 1. The summed E-state index contributed by atoms with van der Waals surface area (Å²) >= 11 is 3.53. The summed E-state index contributed by atoms with van der Waals surface area (Å²) in [5, 5.41) is 8.84. The number of ether oxygens (including phenoxy) is 1. The number of aliphatic hydroxyl groups is 1. The van der Waals surface area contributed by atoms with Crippen molar-refractivity contribution in [2.24, 2.45) is 0 Å². The third kappa shape index (κ3) is 13.2. The molecule has 0 aromatic heterocycles. The van der Waals surface area contributed by atoms with E-state index in [4.69, 9.17) is 19.4 Å². The molecule has 0 bridgehead atoms. The molecule has 0 radical (unpaired) electrons. The van der Waals surface area contributed by atoms with Gasteiger partial charge in [-0.15, -0.1) is 0 Å². The number of carbonyl (C=O) groups is 1. The first kappa shape index (κ1) is 27.6. The van der Waals surface area contributed by atoms with Gasteiger partial charge < -0.3 is 24.9 Å². The second kappa shape index (κ2) is 19.8. The zero-order chi connectivity index (χ0) is 19.5. The number of benzene rings is 1. The van der Waals surface area contributed by atoms with Crippen molar-refractivity contribution in [1.82, 2.24) is 10.2 Å². The fourth-order valence-corrected chi connectivity index (χ4v) is 1.73. The van der Waals surface area contributed by atoms with Crippen molar-refractivity contribution >= 4 is 31.1 Å². The fraction of sp³-hybridized carbons (Fsp3) is 0.412. The molecule has 7 nitrogen and oxygen atoms in total. The van der Waals surface area contributed by atoms with Crippen LogP contribution in [-0.4, -0.2) is 54.9 Å². The number of nitrogens with zero attached hydrogens (tertiary/aromatic N) is 1. The van der Waals surface area contributed by atoms with Crippen LogP contribution in [0.4, 0.5) is 4.79 Å². The van der Waals surface area contributed by atoms with Crippen molar-refractivity contribution in [3.8, 4) is 5.75 Å². The average Bonchev–Trinajstić information content (AvgIpc) is 3.21. The van der Waals surface area contributed by atoms with E-state index in [0.717, 1.165) is 44.8 Å². The van der Waals surface area contributed by atoms with Crippen LogP contribution < -0.4 is 10.1 Å². The molecule has 1 aromatic rings. The van der Waals surface area contributed by atoms with Crippen LogP contribution in [-0.2, 0) is 9.59 Å². The van der Waals surface area contributed by atoms with Gasteiger partial charge in [0.05, 0.1) is 6.41 Å². The molecule has 0 aliphatic carbocycles. The molecule has 2 N–H and O–H groups in total. The predicted octanol–water partition coefficient (Wildman–Crippen LogP) is 1.73. The molecule has 2 amide bonds. The van der Waals surface area contributed by atoms with Gasteiger partial charge in [0.25, 0.3) is 0 Å². The van der Waals surface area contributed by atoms with Crippen molar-refractivity contribution in [2.45, 2.75) is 19.8 Å². The number of nitrogens with one attached hydrogen (secondary N) is 1. The number of hydrogen-bond acceptors (Lipinski definition) is 6. The van der Waals surface area contributed by atoms with Gasteiger partial charge in [-0.3, -0.25) is 4.79 Å². The summed E-state index contributed by atoms with van der Waals surface area (Å²) in [6, 6.07) is 7.52. The van der Waals surface area contributed by atoms with Gasteiger partial charge in [0, 0.05) is 26.1 Å². The van der Waals surface area contributed by atoms with E-state index >= 15 is 0 Å². The molecule has 0 spiro atoms. The predicted molar refractivity (Wildman–Crippen MR) is 100 cm³/mol. The zero-order valence-corrected chi connectivity index (χ0v) is 18.3. The maximum atomic E-state index is 11.6. The third-order valence-corrected chi connectivity index (χ3v) is 2.78. The summed E-state index contributed by atoms with van der Waals surface area (Å²) in [5.74, 6) is 1.94. The Balaban J connectivity index is -0.000000411. The molecular weight excluding hydrogens is 601 g/mol. The van der Waals surface area contributed by atoms with Crippen molar-refractivity contribution in [3.63, 3.8) is 0 Å². The smallest absolute Gasteiger partial charge is 0.415 e. The number of carbonyl (C=O) groups excluding carboxylic acids is 3. The molecule has 1 fully saturated rings. The number of thiol groups is 1. The molecule has 9 heteroatoms. The zero-order valence-electron chi connectivity index (χ0n) is 15.0. The Morgan fingerprint density at radius 1 is 1.27 bits per heavy atom. The molecule has 1 aromatic carbocycles. The number of aliphatic hydroxyl groups excluding tert-OH is 1. The first-order valence-electron chi connectivity index (χ1n) is 7.42. The van der Waals surface area contributed by atoms with E-state index in [1.807, 2.05) is 36.5 Å². The van der Waals surface area contributed by atoms with Crippen LogP contribution in [0.1, 0.15) is 18.4 Å². The maximum absolute atomic E-state index is 11.6. The molecule has 0 saturated carbocycles. The SMILES string of the molecule is CO.CS.Cc1ccc(OC(=O)N2CCCC2)cc1.O=C=CN[C-]=O.[Fm]. The minimum Gasteiger partial charge on any atom is -0.487 e. The van der Waals surface area contributed by atoms with Crippen LogP contribution in [0.5, 0.6) is 5.75 Å². The molecule has 1 saturated heterocycles. The topological polar surface area (TPSA) is 95.9 Å². The largest absolute Gasteiger partial charge is 0.487 e. The minimum atomic E-state index is -0.226. The van der Waals surface area contributed by atoms with Crippen molar-refractivity contribution in [2.75, 3.05) is 26.5 Å². The Labute approximate surface area is 154 Å². The summed E-state index contributed by atoms with van der Waals surface area (Å²) in [6.45, 7) is 3.65. The monoisotopic (exact) mass is 626 g/mol. The van der Waals surface area contributed by atoms with E-state index in [-0.39, 0.29) is 6.09 Å². The normalized spacial score (nSPS) is 10.6. The van der Waals surface area contributed by atoms with Crippen LogP contribution >= 0.6 is 12.6 Å². The maximum Gasteiger partial charge on any atom is 0.415 e. The van der Waals surface area contributed by atoms with E-state index in [0.29, 0.717) is 5.75 Å². The summed E-state index contributed by atoms with van der Waals surface area (Å²) in [6.07, 6.45) is 5.72. The Bertz CT molecular complexity index is 516. The number of hydrogen-bond donors (Lipinski definition) is 3. The van der Waals surface area contributed by atoms with Gasteiger partial charge in [-0.05, 0) is 38.2 Å². The first-order valence-corrected chi connectivity index (χ1v) is 8.31. The van der Waals surface area contributed by atoms with Crippen LogP contribution in [0.2, 0.25) is 0 Å². The second-order valence-corrected chi connectivity index (χ2v) is 4.38. The van der Waals surface area contributed by atoms with Crippen LogP contribution in [0, 0.1) is 6.92 Å². The fourth-order valence-electron chi connectivity index (χ4n) is 1.73. The second-order valence-electron chi connectivity index (χ2n) is 4.38. The third-order valence-electron chi connectivity index (χ3n) is 2.78. The van der Waals surface area contributed by atoms with Crippen LogP contribution in [0.3, 0.4) is 0 Å². The summed E-state index contributed by atoms with van der Waals surface area (Å²) in [4.78, 5) is 31.6. The van der Waals surface area contributed by atoms with Crippen molar-refractivity contribution in [3.05, 3.63) is 36.0 Å². The molecule has 1 heterocycles. The van der Waals surface area contributed by atoms with E-state index < -0.39 is 0 Å². The molecule has 26 heavy (non-hydrogen) atoms. The van der Waals surface area contributed by atoms with E-state index in [1.165, 1.54) is 12.4 Å². The minimum absolute atomic E-state index is 0. The van der Waals surface area contributed by atoms with Crippen molar-refractivity contribution in [1.29, 1.82) is 0 Å². The summed E-state index contributed by atoms with van der Waals surface area (Å²) in [5.41, 5.74) is 1.16. The number of likely N-dealkylation sites (tertiary alicyclic amines) is 1. The quantitative estimate of drug-likeness (QED) is 0.206. The van der Waals surface area contributed by atoms with E-state index in [2.05, 4.69) is 12.6 Å². The molecule has 1 aliphatic rings. The molecule has 1 aliphatic heterocycles. The van der Waals surface area contributed by atoms with Crippen LogP contribution in [0.25, 0.3) is 0 Å². The summed E-state index contributed by atoms with van der Waals surface area (Å²) < 4.78 is 5.24. The Kier molecular flexibility index (Phi) is 21.0. The van der Waals surface area contributed by atoms with Gasteiger partial charge in [0.2, 0.25) is 0 Å². The number of amides is 2. The molecule has 0 unspecified atom stereocenters. The standard InChI is InChI=1S/C12H15NO2.C3H2NO2.CH4O.CH4S.Fm/c1-10-4-6-11(7-5-10)15-12(14)13-8-2-3-9-13;5-2-1-4-3-6;2*1-2;/h4-7H,2-3,8-9H2,1H3;1H,(H,4,6);2*2H,1H3;/q;-1;;;. The van der Waals surface area contributed by atoms with Gasteiger partial charge >= 0.3 is 6.09 Å². The van der Waals surface area contributed by atoms with Gasteiger partial charge in [-0.1, -0.05) is 23.9 Å². The Morgan fingerprint density at radius 2 is 1.77 bits per heavy atom. The van der Waals surface area contributed by atoms with Gasteiger partial charge in [-0.25, -0.2) is 4.79 Å². The van der Waals surface area contributed by atoms with E-state index in [1.54, 1.807) is 11.2 Å². The first-order chi connectivity index (χ1) is 12.2. The van der Waals surface area contributed by atoms with Gasteiger partial charge in [-0.2, -0.15) is 12.6 Å². The van der Waals surface area contributed by atoms with E-state index in [9.17, 15) is 4.79 Å². The Morgan fingerprint density at radius 3 is 2.15 bits per heavy atom. The Hall–Kier alpha value is -3.28. The molecule has 2 rings (SSSR count). The average molecular weight is 626 g/mol. The molecule has 152 valence electrons. The molecule has 0 atom stereocenters. The van der Waals surface area contributed by atoms with Crippen LogP contribution in [0.15, 0.2) is 30.5 Å². The van der Waals surface area contributed by atoms with Gasteiger partial charge in [0.1, 0.15) is 5.75 Å². The number of rotatable bonds is 3. The van der Waals surface area contributed by atoms with Gasteiger partial charge in [0.15, 0.2) is 0 Å². The summed E-state index contributed by atoms with van der Waals surface area (Å²) in [7, 11) is 1.00. The molecular formula is C17H25FmN2O5S-.